The Kier molecular flexibility index (Phi) is 5.04. The molecular weight excluding hydrogens is 435 g/mol. The molecule has 0 bridgehead atoms. The number of aromatic nitrogens is 3. The molecule has 0 spiro atoms. The normalized spacial score (nSPS) is 16.8. The van der Waals surface area contributed by atoms with Gasteiger partial charge in [0.1, 0.15) is 23.3 Å². The summed E-state index contributed by atoms with van der Waals surface area (Å²) in [6.45, 7) is 1.39. The lowest BCUT2D eigenvalue weighted by Crippen LogP contribution is -2.34. The Hall–Kier alpha value is -3.75. The van der Waals surface area contributed by atoms with Gasteiger partial charge in [-0.2, -0.15) is 0 Å². The zero-order valence-corrected chi connectivity index (χ0v) is 18.8. The molecule has 2 fully saturated rings. The van der Waals surface area contributed by atoms with E-state index in [2.05, 4.69) is 25.5 Å². The average Bonchev–Trinajstić information content (AvgIpc) is 3.63. The molecule has 34 heavy (non-hydrogen) atoms. The van der Waals surface area contributed by atoms with Crippen LogP contribution in [0.2, 0.25) is 0 Å². The van der Waals surface area contributed by atoms with Crippen LogP contribution < -0.4 is 15.5 Å². The highest BCUT2D eigenvalue weighted by molar-refractivity contribution is 6.03. The summed E-state index contributed by atoms with van der Waals surface area (Å²) in [6.07, 6.45) is 5.66. The van der Waals surface area contributed by atoms with E-state index in [-0.39, 0.29) is 11.8 Å². The van der Waals surface area contributed by atoms with E-state index in [1.807, 2.05) is 24.3 Å². The van der Waals surface area contributed by atoms with Crippen LogP contribution in [0.5, 0.6) is 0 Å². The van der Waals surface area contributed by atoms with Crippen LogP contribution in [0, 0.1) is 5.92 Å². The molecule has 6 rings (SSSR count). The second-order valence-electron chi connectivity index (χ2n) is 8.98. The molecule has 4 heterocycles. The highest BCUT2D eigenvalue weighted by Gasteiger charge is 2.30. The number of halogens is 1. The van der Waals surface area contributed by atoms with Gasteiger partial charge in [0.2, 0.25) is 11.8 Å². The summed E-state index contributed by atoms with van der Waals surface area (Å²) in [5.41, 5.74) is 3.13. The lowest BCUT2D eigenvalue weighted by atomic mass is 10.1. The first kappa shape index (κ1) is 20.8. The van der Waals surface area contributed by atoms with Gasteiger partial charge in [-0.25, -0.2) is 19.3 Å². The molecular formula is C25H25FN6O2. The van der Waals surface area contributed by atoms with Crippen LogP contribution in [0.4, 0.5) is 21.7 Å². The fraction of sp³-hybridized carbons (Fsp3) is 0.360. The second kappa shape index (κ2) is 8.23. The summed E-state index contributed by atoms with van der Waals surface area (Å²) in [5.74, 6) is 1.71. The molecule has 1 saturated carbocycles. The second-order valence-corrected chi connectivity index (χ2v) is 8.98. The standard InChI is InChI=1S/C25H25FN6O2/c1-27-23-18-12-28-22(31-24(33)14-2-3-14)11-17(18)19(13-29-23)25-30-20-10-16(4-5-21(20)34-25)32-8-6-15(26)7-9-32/h4-5,10-15H,2-3,6-9H2,1H3,(H,27,29)(H,28,31,33). The number of hydrogen-bond donors (Lipinski definition) is 2. The fourth-order valence-corrected chi connectivity index (χ4v) is 4.48. The van der Waals surface area contributed by atoms with Gasteiger partial charge in [0.25, 0.3) is 0 Å². The van der Waals surface area contributed by atoms with Gasteiger partial charge in [0.15, 0.2) is 5.58 Å². The summed E-state index contributed by atoms with van der Waals surface area (Å²) >= 11 is 0. The van der Waals surface area contributed by atoms with Gasteiger partial charge in [-0.1, -0.05) is 0 Å². The molecule has 3 aromatic heterocycles. The maximum atomic E-state index is 13.5. The van der Waals surface area contributed by atoms with Crippen LogP contribution >= 0.6 is 0 Å². The number of rotatable bonds is 5. The number of carbonyl (C=O) groups is 1. The number of amides is 1. The van der Waals surface area contributed by atoms with Crippen molar-refractivity contribution in [1.29, 1.82) is 0 Å². The van der Waals surface area contributed by atoms with Gasteiger partial charge in [0, 0.05) is 54.9 Å². The van der Waals surface area contributed by atoms with Crippen molar-refractivity contribution in [3.8, 4) is 11.5 Å². The number of nitrogens with one attached hydrogen (secondary N) is 2. The number of benzene rings is 1. The number of oxazole rings is 1. The number of pyridine rings is 2. The molecule has 9 heteroatoms. The minimum atomic E-state index is -0.714. The summed E-state index contributed by atoms with van der Waals surface area (Å²) in [6, 6.07) is 7.73. The molecule has 0 atom stereocenters. The number of piperidine rings is 1. The maximum absolute atomic E-state index is 13.5. The molecule has 1 saturated heterocycles. The van der Waals surface area contributed by atoms with Gasteiger partial charge >= 0.3 is 0 Å². The predicted molar refractivity (Wildman–Crippen MR) is 130 cm³/mol. The van der Waals surface area contributed by atoms with Crippen molar-refractivity contribution in [1.82, 2.24) is 15.0 Å². The number of carbonyl (C=O) groups excluding carboxylic acids is 1. The van der Waals surface area contributed by atoms with Crippen LogP contribution in [0.15, 0.2) is 41.1 Å². The Bertz CT molecular complexity index is 1390. The predicted octanol–water partition coefficient (Wildman–Crippen LogP) is 4.77. The first-order chi connectivity index (χ1) is 16.6. The smallest absolute Gasteiger partial charge is 0.229 e. The first-order valence-corrected chi connectivity index (χ1v) is 11.7. The van der Waals surface area contributed by atoms with Gasteiger partial charge in [-0.05, 0) is 49.9 Å². The zero-order chi connectivity index (χ0) is 23.2. The van der Waals surface area contributed by atoms with Crippen molar-refractivity contribution < 1.29 is 13.6 Å². The van der Waals surface area contributed by atoms with E-state index >= 15 is 0 Å². The molecule has 4 aromatic rings. The Balaban J connectivity index is 1.39. The monoisotopic (exact) mass is 460 g/mol. The summed E-state index contributed by atoms with van der Waals surface area (Å²) in [5, 5.41) is 7.64. The third-order valence-corrected chi connectivity index (χ3v) is 6.60. The number of anilines is 3. The first-order valence-electron chi connectivity index (χ1n) is 11.7. The van der Waals surface area contributed by atoms with E-state index < -0.39 is 6.17 Å². The third-order valence-electron chi connectivity index (χ3n) is 6.60. The topological polar surface area (TPSA) is 96.2 Å². The minimum absolute atomic E-state index is 0.00230. The van der Waals surface area contributed by atoms with Crippen LogP contribution in [-0.4, -0.2) is 47.2 Å². The van der Waals surface area contributed by atoms with Crippen LogP contribution in [0.3, 0.4) is 0 Å². The maximum Gasteiger partial charge on any atom is 0.229 e. The van der Waals surface area contributed by atoms with E-state index in [0.29, 0.717) is 54.6 Å². The van der Waals surface area contributed by atoms with Crippen LogP contribution in [0.1, 0.15) is 25.7 Å². The summed E-state index contributed by atoms with van der Waals surface area (Å²) in [7, 11) is 1.80. The fourth-order valence-electron chi connectivity index (χ4n) is 4.48. The quantitative estimate of drug-likeness (QED) is 0.443. The molecule has 1 amide bonds. The van der Waals surface area contributed by atoms with E-state index in [9.17, 15) is 9.18 Å². The van der Waals surface area contributed by atoms with E-state index in [1.165, 1.54) is 0 Å². The van der Waals surface area contributed by atoms with Crippen molar-refractivity contribution in [2.24, 2.45) is 5.92 Å². The zero-order valence-electron chi connectivity index (χ0n) is 18.8. The van der Waals surface area contributed by atoms with Gasteiger partial charge in [0.05, 0.1) is 5.56 Å². The van der Waals surface area contributed by atoms with Crippen molar-refractivity contribution in [2.45, 2.75) is 31.9 Å². The number of hydrogen-bond acceptors (Lipinski definition) is 7. The van der Waals surface area contributed by atoms with Gasteiger partial charge < -0.3 is 20.0 Å². The SMILES string of the molecule is CNc1ncc(-c2nc3cc(N4CCC(F)CC4)ccc3o2)c2cc(NC(=O)C3CC3)ncc12. The summed E-state index contributed by atoms with van der Waals surface area (Å²) < 4.78 is 19.7. The minimum Gasteiger partial charge on any atom is -0.436 e. The molecule has 0 radical (unpaired) electrons. The van der Waals surface area contributed by atoms with Crippen molar-refractivity contribution in [2.75, 3.05) is 35.7 Å². The lowest BCUT2D eigenvalue weighted by molar-refractivity contribution is -0.117. The van der Waals surface area contributed by atoms with Crippen molar-refractivity contribution in [3.05, 3.63) is 36.7 Å². The van der Waals surface area contributed by atoms with Gasteiger partial charge in [-0.15, -0.1) is 0 Å². The van der Waals surface area contributed by atoms with Crippen molar-refractivity contribution >= 4 is 45.1 Å². The highest BCUT2D eigenvalue weighted by atomic mass is 19.1. The van der Waals surface area contributed by atoms with Crippen LogP contribution in [0.25, 0.3) is 33.3 Å². The number of nitrogens with zero attached hydrogens (tertiary/aromatic N) is 4. The summed E-state index contributed by atoms with van der Waals surface area (Å²) in [4.78, 5) is 28.1. The van der Waals surface area contributed by atoms with E-state index in [4.69, 9.17) is 9.40 Å². The average molecular weight is 461 g/mol. The van der Waals surface area contributed by atoms with E-state index in [1.54, 1.807) is 19.4 Å². The molecule has 8 nitrogen and oxygen atoms in total. The molecule has 2 aliphatic rings. The largest absolute Gasteiger partial charge is 0.436 e. The molecule has 174 valence electrons. The molecule has 0 unspecified atom stereocenters. The Labute approximate surface area is 195 Å². The number of alkyl halides is 1. The molecule has 2 N–H and O–H groups in total. The van der Waals surface area contributed by atoms with Crippen molar-refractivity contribution in [3.63, 3.8) is 0 Å². The Morgan fingerprint density at radius 2 is 1.91 bits per heavy atom. The third kappa shape index (κ3) is 3.81. The van der Waals surface area contributed by atoms with Crippen LogP contribution in [-0.2, 0) is 4.79 Å². The van der Waals surface area contributed by atoms with E-state index in [0.717, 1.165) is 34.8 Å². The Morgan fingerprint density at radius 3 is 2.68 bits per heavy atom. The Morgan fingerprint density at radius 1 is 1.09 bits per heavy atom. The molecule has 1 aliphatic heterocycles. The van der Waals surface area contributed by atoms with Gasteiger partial charge in [-0.3, -0.25) is 4.79 Å². The molecule has 1 aliphatic carbocycles. The molecule has 1 aromatic carbocycles. The lowest BCUT2D eigenvalue weighted by Gasteiger charge is -2.30. The highest BCUT2D eigenvalue weighted by Crippen LogP contribution is 2.35. The number of fused-ring (bicyclic) bond motifs is 2.